The predicted molar refractivity (Wildman–Crippen MR) is 60.4 cm³/mol. The van der Waals surface area contributed by atoms with Crippen molar-refractivity contribution >= 4 is 17.1 Å². The molecule has 1 saturated heterocycles. The van der Waals surface area contributed by atoms with Gasteiger partial charge < -0.3 is 5.32 Å². The molecule has 3 rings (SSSR count). The Morgan fingerprint density at radius 1 is 1.53 bits per heavy atom. The zero-order valence-corrected chi connectivity index (χ0v) is 9.04. The van der Waals surface area contributed by atoms with Crippen LogP contribution in [0.1, 0.15) is 17.9 Å². The summed E-state index contributed by atoms with van der Waals surface area (Å²) in [6.07, 6.45) is 5.01. The second kappa shape index (κ2) is 3.51. The topological polar surface area (TPSA) is 29.3 Å². The zero-order chi connectivity index (χ0) is 10.3. The zero-order valence-electron chi connectivity index (χ0n) is 8.28. The van der Waals surface area contributed by atoms with Crippen LogP contribution in [0.2, 0.25) is 5.28 Å². The highest BCUT2D eigenvalue weighted by atomic mass is 35.5. The molecule has 1 unspecified atom stereocenters. The summed E-state index contributed by atoms with van der Waals surface area (Å²) in [4.78, 5) is 4.14. The third kappa shape index (κ3) is 1.43. The molecule has 0 radical (unpaired) electrons. The van der Waals surface area contributed by atoms with Crippen LogP contribution in [0.25, 0.3) is 5.52 Å². The van der Waals surface area contributed by atoms with Crippen LogP contribution in [0.4, 0.5) is 0 Å². The first-order valence-electron chi connectivity index (χ1n) is 5.18. The van der Waals surface area contributed by atoms with Gasteiger partial charge in [0.15, 0.2) is 0 Å². The van der Waals surface area contributed by atoms with Crippen LogP contribution in [0.15, 0.2) is 24.5 Å². The fourth-order valence-electron chi connectivity index (χ4n) is 2.28. The molecule has 4 heteroatoms. The minimum Gasteiger partial charge on any atom is -0.316 e. The van der Waals surface area contributed by atoms with E-state index in [9.17, 15) is 0 Å². The quantitative estimate of drug-likeness (QED) is 0.799. The second-order valence-electron chi connectivity index (χ2n) is 3.94. The molecule has 1 N–H and O–H groups in total. The summed E-state index contributed by atoms with van der Waals surface area (Å²) < 4.78 is 1.94. The van der Waals surface area contributed by atoms with Crippen molar-refractivity contribution in [2.75, 3.05) is 13.1 Å². The molecule has 3 nitrogen and oxygen atoms in total. The van der Waals surface area contributed by atoms with E-state index in [4.69, 9.17) is 11.6 Å². The summed E-state index contributed by atoms with van der Waals surface area (Å²) >= 11 is 5.99. The molecule has 1 atom stereocenters. The van der Waals surface area contributed by atoms with Gasteiger partial charge in [0.1, 0.15) is 0 Å². The van der Waals surface area contributed by atoms with Crippen molar-refractivity contribution in [3.63, 3.8) is 0 Å². The summed E-state index contributed by atoms with van der Waals surface area (Å²) in [6.45, 7) is 2.16. The molecule has 1 fully saturated rings. The van der Waals surface area contributed by atoms with E-state index in [1.807, 2.05) is 22.9 Å². The Bertz CT molecular complexity index is 486. The number of hydrogen-bond acceptors (Lipinski definition) is 2. The van der Waals surface area contributed by atoms with E-state index < -0.39 is 0 Å². The van der Waals surface area contributed by atoms with Crippen molar-refractivity contribution in [3.8, 4) is 0 Å². The van der Waals surface area contributed by atoms with Crippen LogP contribution < -0.4 is 5.32 Å². The van der Waals surface area contributed by atoms with Gasteiger partial charge in [-0.3, -0.25) is 4.40 Å². The molecule has 1 aliphatic heterocycles. The average molecular weight is 222 g/mol. The maximum absolute atomic E-state index is 5.99. The molecule has 0 bridgehead atoms. The molecule has 3 heterocycles. The first kappa shape index (κ1) is 9.19. The summed E-state index contributed by atoms with van der Waals surface area (Å²) in [5.41, 5.74) is 2.48. The van der Waals surface area contributed by atoms with Gasteiger partial charge in [-0.05, 0) is 42.1 Å². The fraction of sp³-hybridized carbons (Fsp3) is 0.364. The van der Waals surface area contributed by atoms with Gasteiger partial charge in [0.05, 0.1) is 11.7 Å². The molecular formula is C11H12ClN3. The number of imidazole rings is 1. The van der Waals surface area contributed by atoms with Crippen molar-refractivity contribution in [1.29, 1.82) is 0 Å². The fourth-order valence-corrected chi connectivity index (χ4v) is 2.47. The number of hydrogen-bond donors (Lipinski definition) is 1. The second-order valence-corrected chi connectivity index (χ2v) is 4.27. The van der Waals surface area contributed by atoms with Gasteiger partial charge in [0.2, 0.25) is 5.28 Å². The molecule has 2 aromatic heterocycles. The van der Waals surface area contributed by atoms with Crippen molar-refractivity contribution in [1.82, 2.24) is 14.7 Å². The Hall–Kier alpha value is -1.06. The van der Waals surface area contributed by atoms with Gasteiger partial charge in [-0.15, -0.1) is 0 Å². The first-order valence-corrected chi connectivity index (χ1v) is 5.56. The van der Waals surface area contributed by atoms with Crippen molar-refractivity contribution in [2.24, 2.45) is 0 Å². The molecule has 0 aliphatic carbocycles. The summed E-state index contributed by atoms with van der Waals surface area (Å²) in [6, 6.07) is 4.21. The molecule has 0 aromatic carbocycles. The van der Waals surface area contributed by atoms with Gasteiger partial charge in [-0.1, -0.05) is 6.07 Å². The number of pyridine rings is 1. The van der Waals surface area contributed by atoms with E-state index in [2.05, 4.69) is 16.4 Å². The lowest BCUT2D eigenvalue weighted by atomic mass is 9.98. The Morgan fingerprint density at radius 3 is 3.27 bits per heavy atom. The van der Waals surface area contributed by atoms with E-state index in [0.717, 1.165) is 18.6 Å². The minimum atomic E-state index is 0.540. The van der Waals surface area contributed by atoms with Crippen molar-refractivity contribution < 1.29 is 0 Å². The maximum atomic E-state index is 5.99. The third-order valence-electron chi connectivity index (χ3n) is 3.06. The lowest BCUT2D eigenvalue weighted by Crippen LogP contribution is -2.08. The van der Waals surface area contributed by atoms with Gasteiger partial charge in [-0.25, -0.2) is 4.98 Å². The van der Waals surface area contributed by atoms with Gasteiger partial charge in [0, 0.05) is 12.7 Å². The van der Waals surface area contributed by atoms with Crippen LogP contribution >= 0.6 is 11.6 Å². The summed E-state index contributed by atoms with van der Waals surface area (Å²) in [7, 11) is 0. The van der Waals surface area contributed by atoms with Crippen LogP contribution in [-0.4, -0.2) is 22.5 Å². The summed E-state index contributed by atoms with van der Waals surface area (Å²) in [5.74, 6) is 0.599. The first-order chi connectivity index (χ1) is 7.36. The average Bonchev–Trinajstić information content (AvgIpc) is 2.88. The molecule has 2 aromatic rings. The normalized spacial score (nSPS) is 21.3. The van der Waals surface area contributed by atoms with E-state index >= 15 is 0 Å². The molecule has 1 aliphatic rings. The van der Waals surface area contributed by atoms with Gasteiger partial charge >= 0.3 is 0 Å². The van der Waals surface area contributed by atoms with E-state index in [0.29, 0.717) is 11.2 Å². The molecule has 0 amide bonds. The monoisotopic (exact) mass is 221 g/mol. The minimum absolute atomic E-state index is 0.540. The number of rotatable bonds is 1. The third-order valence-corrected chi connectivity index (χ3v) is 3.34. The van der Waals surface area contributed by atoms with Crippen LogP contribution in [-0.2, 0) is 0 Å². The van der Waals surface area contributed by atoms with E-state index in [1.54, 1.807) is 0 Å². The highest BCUT2D eigenvalue weighted by Gasteiger charge is 2.19. The Balaban J connectivity index is 2.17. The van der Waals surface area contributed by atoms with Crippen LogP contribution in [0, 0.1) is 0 Å². The molecule has 15 heavy (non-hydrogen) atoms. The highest BCUT2D eigenvalue weighted by Crippen LogP contribution is 2.27. The largest absolute Gasteiger partial charge is 0.316 e. The number of nitrogens with one attached hydrogen (secondary N) is 1. The lowest BCUT2D eigenvalue weighted by molar-refractivity contribution is 0.765. The Labute approximate surface area is 93.1 Å². The molecule has 0 spiro atoms. The van der Waals surface area contributed by atoms with E-state index in [1.165, 1.54) is 12.0 Å². The Kier molecular flexibility index (Phi) is 2.15. The molecule has 78 valence electrons. The van der Waals surface area contributed by atoms with Gasteiger partial charge in [0.25, 0.3) is 0 Å². The molecular weight excluding hydrogens is 210 g/mol. The highest BCUT2D eigenvalue weighted by molar-refractivity contribution is 6.28. The van der Waals surface area contributed by atoms with Crippen LogP contribution in [0.3, 0.4) is 0 Å². The Morgan fingerprint density at radius 2 is 2.47 bits per heavy atom. The number of halogens is 1. The number of nitrogens with zero attached hydrogens (tertiary/aromatic N) is 2. The number of fused-ring (bicyclic) bond motifs is 1. The van der Waals surface area contributed by atoms with Crippen molar-refractivity contribution in [3.05, 3.63) is 35.4 Å². The van der Waals surface area contributed by atoms with Gasteiger partial charge in [-0.2, -0.15) is 0 Å². The summed E-state index contributed by atoms with van der Waals surface area (Å²) in [5, 5.41) is 3.92. The molecule has 0 saturated carbocycles. The standard InChI is InChI=1S/C11H12ClN3/c12-11-14-7-10-9(2-1-5-15(10)11)8-3-4-13-6-8/h1-2,5,7-8,13H,3-4,6H2. The SMILES string of the molecule is Clc1ncc2c(C3CCNC3)cccn12. The smallest absolute Gasteiger partial charge is 0.207 e. The maximum Gasteiger partial charge on any atom is 0.207 e. The van der Waals surface area contributed by atoms with Crippen molar-refractivity contribution in [2.45, 2.75) is 12.3 Å². The number of aromatic nitrogens is 2. The predicted octanol–water partition coefficient (Wildman–Crippen LogP) is 2.06. The lowest BCUT2D eigenvalue weighted by Gasteiger charge is -2.10. The van der Waals surface area contributed by atoms with E-state index in [-0.39, 0.29) is 0 Å². The van der Waals surface area contributed by atoms with Crippen LogP contribution in [0.5, 0.6) is 0 Å².